The topological polar surface area (TPSA) is 0 Å². The molecule has 0 spiro atoms. The molecular weight excluding hydrogens is 315 g/mol. The first-order chi connectivity index (χ1) is 3.80. The van der Waals surface area contributed by atoms with Crippen molar-refractivity contribution in [2.24, 2.45) is 0 Å². The molecule has 1 rings (SSSR count). The van der Waals surface area contributed by atoms with Crippen molar-refractivity contribution in [1.82, 2.24) is 0 Å². The molecule has 0 aromatic rings. The zero-order valence-corrected chi connectivity index (χ0v) is 8.55. The van der Waals surface area contributed by atoms with Crippen molar-refractivity contribution in [3.63, 3.8) is 0 Å². The molecule has 0 amide bonds. The molecule has 0 aromatic heterocycles. The second-order valence-corrected chi connectivity index (χ2v) is 11.2. The Hall–Kier alpha value is 0.748. The van der Waals surface area contributed by atoms with Crippen LogP contribution in [0.1, 0.15) is 6.42 Å². The molecule has 0 saturated carbocycles. The van der Waals surface area contributed by atoms with Gasteiger partial charge in [-0.05, 0) is 0 Å². The number of allylic oxidation sites excluding steroid dienone is 4. The number of hydrogen-bond donors (Lipinski definition) is 0. The van der Waals surface area contributed by atoms with Crippen LogP contribution in [0.15, 0.2) is 22.2 Å². The van der Waals surface area contributed by atoms with E-state index in [1.807, 2.05) is 12.2 Å². The molecule has 0 heterocycles. The van der Waals surface area contributed by atoms with Gasteiger partial charge in [0.1, 0.15) is 0 Å². The molecule has 45 valence electrons. The summed E-state index contributed by atoms with van der Waals surface area (Å²) >= 11 is -1.95. The second kappa shape index (κ2) is 3.05. The van der Waals surface area contributed by atoms with Gasteiger partial charge in [-0.15, -0.1) is 0 Å². The van der Waals surface area contributed by atoms with Crippen molar-refractivity contribution in [1.29, 1.82) is 0 Å². The number of rotatable bonds is 1. The molecule has 0 aliphatic heterocycles. The molecule has 0 saturated heterocycles. The van der Waals surface area contributed by atoms with E-state index in [1.54, 1.807) is 0 Å². The third kappa shape index (κ3) is 1.62. The van der Waals surface area contributed by atoms with Gasteiger partial charge in [0.05, 0.1) is 0 Å². The monoisotopic (exact) mass is 319 g/mol. The Morgan fingerprint density at radius 3 is 2.50 bits per heavy atom. The summed E-state index contributed by atoms with van der Waals surface area (Å²) in [7, 11) is 11.5. The van der Waals surface area contributed by atoms with E-state index in [9.17, 15) is 0 Å². The first kappa shape index (κ1) is 6.86. The summed E-state index contributed by atoms with van der Waals surface area (Å²) in [5.41, 5.74) is 0. The summed E-state index contributed by atoms with van der Waals surface area (Å²) in [6, 6.07) is 0. The van der Waals surface area contributed by atoms with E-state index in [4.69, 9.17) is 18.8 Å². The van der Waals surface area contributed by atoms with Crippen LogP contribution in [-0.4, -0.2) is 0 Å². The van der Waals surface area contributed by atoms with E-state index in [2.05, 4.69) is 6.08 Å². The Balaban J connectivity index is 2.51. The van der Waals surface area contributed by atoms with Gasteiger partial charge in [0.15, 0.2) is 0 Å². The van der Waals surface area contributed by atoms with Crippen LogP contribution >= 0.6 is 18.8 Å². The third-order valence-electron chi connectivity index (χ3n) is 0.935. The molecule has 3 heteroatoms. The van der Waals surface area contributed by atoms with E-state index >= 15 is 0 Å². The van der Waals surface area contributed by atoms with Gasteiger partial charge in [-0.1, -0.05) is 0 Å². The van der Waals surface area contributed by atoms with Gasteiger partial charge in [0.2, 0.25) is 0 Å². The molecule has 8 heavy (non-hydrogen) atoms. The molecule has 1 aliphatic rings. The predicted molar refractivity (Wildman–Crippen MR) is 33.5 cm³/mol. The van der Waals surface area contributed by atoms with Crippen LogP contribution in [0.5, 0.6) is 0 Å². The number of halogens is 2. The van der Waals surface area contributed by atoms with Crippen molar-refractivity contribution in [3.8, 4) is 0 Å². The fourth-order valence-corrected chi connectivity index (χ4v) is 3.87. The predicted octanol–water partition coefficient (Wildman–Crippen LogP) is 2.76. The fourth-order valence-electron chi connectivity index (χ4n) is 0.542. The normalized spacial score (nSPS) is 17.6. The van der Waals surface area contributed by atoms with E-state index < -0.39 is 15.2 Å². The molecule has 0 bridgehead atoms. The molecule has 0 unspecified atom stereocenters. The van der Waals surface area contributed by atoms with Crippen molar-refractivity contribution < 1.29 is 15.2 Å². The van der Waals surface area contributed by atoms with Gasteiger partial charge in [0, 0.05) is 0 Å². The van der Waals surface area contributed by atoms with Crippen LogP contribution in [-0.2, 0) is 15.2 Å². The van der Waals surface area contributed by atoms with Gasteiger partial charge >= 0.3 is 62.7 Å². The van der Waals surface area contributed by atoms with Crippen molar-refractivity contribution in [3.05, 3.63) is 22.2 Å². The van der Waals surface area contributed by atoms with Gasteiger partial charge in [-0.3, -0.25) is 0 Å². The van der Waals surface area contributed by atoms with Crippen LogP contribution in [0, 0.1) is 0 Å². The maximum atomic E-state index is 5.74. The van der Waals surface area contributed by atoms with Crippen molar-refractivity contribution >= 4 is 18.8 Å². The fraction of sp³-hybridized carbons (Fsp3) is 0.200. The third-order valence-corrected chi connectivity index (χ3v) is 6.69. The van der Waals surface area contributed by atoms with Crippen LogP contribution in [0.4, 0.5) is 0 Å². The molecule has 0 aromatic carbocycles. The molecule has 0 N–H and O–H groups in total. The zero-order chi connectivity index (χ0) is 5.98. The summed E-state index contributed by atoms with van der Waals surface area (Å²) in [5.74, 6) is 0. The average molecular weight is 320 g/mol. The average Bonchev–Trinajstić information content (AvgIpc) is 2.12. The Kier molecular flexibility index (Phi) is 2.62. The zero-order valence-electron chi connectivity index (χ0n) is 4.10. The van der Waals surface area contributed by atoms with E-state index in [0.717, 1.165) is 6.42 Å². The van der Waals surface area contributed by atoms with E-state index in [0.29, 0.717) is 0 Å². The Morgan fingerprint density at radius 1 is 1.50 bits per heavy atom. The summed E-state index contributed by atoms with van der Waals surface area (Å²) in [6.07, 6.45) is 7.13. The van der Waals surface area contributed by atoms with Crippen LogP contribution in [0.2, 0.25) is 0 Å². The van der Waals surface area contributed by atoms with Gasteiger partial charge in [-0.25, -0.2) is 0 Å². The molecule has 0 atom stereocenters. The summed E-state index contributed by atoms with van der Waals surface area (Å²) < 4.78 is 1.29. The van der Waals surface area contributed by atoms with Crippen molar-refractivity contribution in [2.75, 3.05) is 0 Å². The van der Waals surface area contributed by atoms with E-state index in [-0.39, 0.29) is 0 Å². The second-order valence-electron chi connectivity index (χ2n) is 1.48. The minimum atomic E-state index is -1.95. The molecule has 0 nitrogen and oxygen atoms in total. The molecule has 1 aliphatic carbocycles. The van der Waals surface area contributed by atoms with Crippen molar-refractivity contribution in [2.45, 2.75) is 6.42 Å². The quantitative estimate of drug-likeness (QED) is 0.697. The summed E-state index contributed by atoms with van der Waals surface area (Å²) in [4.78, 5) is 0. The maximum absolute atomic E-state index is 5.74. The van der Waals surface area contributed by atoms with Crippen LogP contribution in [0.3, 0.4) is 0 Å². The Bertz CT molecular complexity index is 137. The number of hydrogen-bond acceptors (Lipinski definition) is 0. The van der Waals surface area contributed by atoms with Crippen LogP contribution in [0.25, 0.3) is 0 Å². The minimum absolute atomic E-state index is 1.00. The molecule has 0 fully saturated rings. The summed E-state index contributed by atoms with van der Waals surface area (Å²) in [6.45, 7) is 0. The first-order valence-corrected chi connectivity index (χ1v) is 11.0. The Morgan fingerprint density at radius 2 is 2.25 bits per heavy atom. The molecular formula is C5H5Cl2W. The van der Waals surface area contributed by atoms with Gasteiger partial charge in [0.25, 0.3) is 0 Å². The Labute approximate surface area is 62.6 Å². The first-order valence-electron chi connectivity index (χ1n) is 2.23. The molecule has 0 radical (unpaired) electrons. The van der Waals surface area contributed by atoms with E-state index in [1.165, 1.54) is 3.96 Å². The SMILES string of the molecule is [Cl][W]([Cl])[C]1=CC=CC1. The van der Waals surface area contributed by atoms with Gasteiger partial charge in [-0.2, -0.15) is 0 Å². The van der Waals surface area contributed by atoms with Gasteiger partial charge < -0.3 is 0 Å². The summed E-state index contributed by atoms with van der Waals surface area (Å²) in [5, 5.41) is 0. The van der Waals surface area contributed by atoms with Crippen LogP contribution < -0.4 is 0 Å². The standard InChI is InChI=1S/C5H5.2ClH.W/c1-2-4-5-3-1;;;/h1-3H,4H2;2*1H;/q;;;+2/p-2.